The maximum absolute atomic E-state index is 10.8. The van der Waals surface area contributed by atoms with E-state index in [1.54, 1.807) is 26.0 Å². The molecule has 5 nitrogen and oxygen atoms in total. The van der Waals surface area contributed by atoms with Crippen molar-refractivity contribution >= 4 is 6.29 Å². The molecule has 0 amide bonds. The van der Waals surface area contributed by atoms with Gasteiger partial charge in [-0.15, -0.1) is 0 Å². The topological polar surface area (TPSA) is 65.0 Å². The first-order valence-corrected chi connectivity index (χ1v) is 5.59. The molecule has 0 aliphatic heterocycles. The lowest BCUT2D eigenvalue weighted by molar-refractivity contribution is 0.0567. The standard InChI is InChI=1S/C13H18O5/c1-8(15)9(2)18-13-11(16-3)5-10(7-14)6-12(13)17-4/h5-9,15H,1-4H3. The van der Waals surface area contributed by atoms with E-state index >= 15 is 0 Å². The maximum Gasteiger partial charge on any atom is 0.203 e. The summed E-state index contributed by atoms with van der Waals surface area (Å²) >= 11 is 0. The van der Waals surface area contributed by atoms with E-state index in [1.165, 1.54) is 14.2 Å². The number of aliphatic hydroxyl groups excluding tert-OH is 1. The molecule has 0 aliphatic carbocycles. The van der Waals surface area contributed by atoms with Crippen LogP contribution < -0.4 is 14.2 Å². The predicted octanol–water partition coefficient (Wildman–Crippen LogP) is 1.66. The molecule has 2 atom stereocenters. The van der Waals surface area contributed by atoms with E-state index in [4.69, 9.17) is 14.2 Å². The molecule has 0 spiro atoms. The zero-order chi connectivity index (χ0) is 13.7. The Morgan fingerprint density at radius 2 is 1.67 bits per heavy atom. The minimum Gasteiger partial charge on any atom is -0.493 e. The molecule has 18 heavy (non-hydrogen) atoms. The van der Waals surface area contributed by atoms with E-state index in [9.17, 15) is 9.90 Å². The number of methoxy groups -OCH3 is 2. The Morgan fingerprint density at radius 1 is 1.17 bits per heavy atom. The molecule has 0 bridgehead atoms. The minimum absolute atomic E-state index is 0.374. The molecular formula is C13H18O5. The summed E-state index contributed by atoms with van der Waals surface area (Å²) in [4.78, 5) is 10.8. The summed E-state index contributed by atoms with van der Waals surface area (Å²) in [7, 11) is 2.95. The number of rotatable bonds is 6. The Kier molecular flexibility index (Phi) is 4.97. The Hall–Kier alpha value is -1.75. The zero-order valence-corrected chi connectivity index (χ0v) is 11.0. The third kappa shape index (κ3) is 3.13. The molecule has 1 N–H and O–H groups in total. The van der Waals surface area contributed by atoms with E-state index in [0.717, 1.165) is 0 Å². The second-order valence-electron chi connectivity index (χ2n) is 3.94. The molecule has 0 heterocycles. The largest absolute Gasteiger partial charge is 0.493 e. The molecule has 0 saturated heterocycles. The van der Waals surface area contributed by atoms with E-state index in [1.807, 2.05) is 0 Å². The van der Waals surface area contributed by atoms with Gasteiger partial charge in [0.2, 0.25) is 5.75 Å². The first-order chi connectivity index (χ1) is 8.53. The van der Waals surface area contributed by atoms with Crippen LogP contribution in [0.25, 0.3) is 0 Å². The van der Waals surface area contributed by atoms with Crippen molar-refractivity contribution in [1.29, 1.82) is 0 Å². The molecule has 0 saturated carbocycles. The van der Waals surface area contributed by atoms with Crippen LogP contribution in [0.3, 0.4) is 0 Å². The number of aliphatic hydroxyl groups is 1. The molecule has 100 valence electrons. The van der Waals surface area contributed by atoms with Gasteiger partial charge in [-0.05, 0) is 26.0 Å². The van der Waals surface area contributed by atoms with Gasteiger partial charge in [-0.3, -0.25) is 4.79 Å². The highest BCUT2D eigenvalue weighted by atomic mass is 16.5. The highest BCUT2D eigenvalue weighted by molar-refractivity contribution is 5.78. The summed E-state index contributed by atoms with van der Waals surface area (Å²) in [6.45, 7) is 3.36. The first-order valence-electron chi connectivity index (χ1n) is 5.59. The molecule has 5 heteroatoms. The Bertz CT molecular complexity index is 389. The fourth-order valence-electron chi connectivity index (χ4n) is 1.37. The van der Waals surface area contributed by atoms with Crippen LogP contribution in [0.5, 0.6) is 17.2 Å². The molecule has 1 rings (SSSR count). The minimum atomic E-state index is -0.634. The lowest BCUT2D eigenvalue weighted by atomic mass is 10.2. The van der Waals surface area contributed by atoms with Crippen LogP contribution in [0.15, 0.2) is 12.1 Å². The summed E-state index contributed by atoms with van der Waals surface area (Å²) in [6, 6.07) is 3.11. The Labute approximate surface area is 106 Å². The highest BCUT2D eigenvalue weighted by Gasteiger charge is 2.19. The molecule has 0 radical (unpaired) electrons. The predicted molar refractivity (Wildman–Crippen MR) is 66.7 cm³/mol. The van der Waals surface area contributed by atoms with Crippen LogP contribution in [-0.2, 0) is 0 Å². The Morgan fingerprint density at radius 3 is 2.00 bits per heavy atom. The zero-order valence-electron chi connectivity index (χ0n) is 11.0. The summed E-state index contributed by atoms with van der Waals surface area (Å²) in [5.74, 6) is 1.16. The van der Waals surface area contributed by atoms with Crippen LogP contribution in [-0.4, -0.2) is 37.8 Å². The summed E-state index contributed by atoms with van der Waals surface area (Å²) in [5.41, 5.74) is 0.431. The lowest BCUT2D eigenvalue weighted by Gasteiger charge is -2.21. The molecule has 0 fully saturated rings. The second kappa shape index (κ2) is 6.26. The fraction of sp³-hybridized carbons (Fsp3) is 0.462. The first kappa shape index (κ1) is 14.3. The molecule has 0 aliphatic rings. The van der Waals surface area contributed by atoms with Gasteiger partial charge < -0.3 is 19.3 Å². The van der Waals surface area contributed by atoms with Crippen molar-refractivity contribution in [3.05, 3.63) is 17.7 Å². The van der Waals surface area contributed by atoms with Crippen LogP contribution in [0, 0.1) is 0 Å². The molecule has 1 aromatic carbocycles. The maximum atomic E-state index is 10.8. The number of hydrogen-bond acceptors (Lipinski definition) is 5. The van der Waals surface area contributed by atoms with Crippen molar-refractivity contribution in [2.75, 3.05) is 14.2 Å². The van der Waals surface area contributed by atoms with Crippen LogP contribution >= 0.6 is 0 Å². The van der Waals surface area contributed by atoms with Gasteiger partial charge in [0, 0.05) is 5.56 Å². The average molecular weight is 254 g/mol. The van der Waals surface area contributed by atoms with Gasteiger partial charge in [-0.25, -0.2) is 0 Å². The highest BCUT2D eigenvalue weighted by Crippen LogP contribution is 2.39. The van der Waals surface area contributed by atoms with E-state index < -0.39 is 12.2 Å². The van der Waals surface area contributed by atoms with Gasteiger partial charge in [0.15, 0.2) is 11.5 Å². The van der Waals surface area contributed by atoms with Crippen molar-refractivity contribution in [1.82, 2.24) is 0 Å². The van der Waals surface area contributed by atoms with Crippen LogP contribution in [0.1, 0.15) is 24.2 Å². The SMILES string of the molecule is COc1cc(C=O)cc(OC)c1OC(C)C(C)O. The summed E-state index contributed by atoms with van der Waals surface area (Å²) in [5, 5.41) is 9.45. The van der Waals surface area contributed by atoms with Gasteiger partial charge in [-0.2, -0.15) is 0 Å². The molecule has 1 aromatic rings. The molecule has 2 unspecified atom stereocenters. The lowest BCUT2D eigenvalue weighted by Crippen LogP contribution is -2.26. The van der Waals surface area contributed by atoms with Crippen molar-refractivity contribution in [2.24, 2.45) is 0 Å². The van der Waals surface area contributed by atoms with E-state index in [-0.39, 0.29) is 0 Å². The number of carbonyl (C=O) groups excluding carboxylic acids is 1. The van der Waals surface area contributed by atoms with E-state index in [0.29, 0.717) is 29.1 Å². The number of benzene rings is 1. The van der Waals surface area contributed by atoms with Gasteiger partial charge in [0.1, 0.15) is 12.4 Å². The third-order valence-corrected chi connectivity index (χ3v) is 2.60. The smallest absolute Gasteiger partial charge is 0.203 e. The average Bonchev–Trinajstić information content (AvgIpc) is 2.38. The van der Waals surface area contributed by atoms with Crippen LogP contribution in [0.4, 0.5) is 0 Å². The summed E-state index contributed by atoms with van der Waals surface area (Å²) < 4.78 is 15.9. The number of carbonyl (C=O) groups is 1. The van der Waals surface area contributed by atoms with E-state index in [2.05, 4.69) is 0 Å². The van der Waals surface area contributed by atoms with Crippen molar-refractivity contribution in [2.45, 2.75) is 26.1 Å². The Balaban J connectivity index is 3.18. The van der Waals surface area contributed by atoms with Crippen molar-refractivity contribution in [3.63, 3.8) is 0 Å². The van der Waals surface area contributed by atoms with Gasteiger partial charge in [-0.1, -0.05) is 0 Å². The van der Waals surface area contributed by atoms with Gasteiger partial charge in [0.05, 0.1) is 20.3 Å². The summed E-state index contributed by atoms with van der Waals surface area (Å²) in [6.07, 6.45) is -0.354. The van der Waals surface area contributed by atoms with Gasteiger partial charge in [0.25, 0.3) is 0 Å². The number of hydrogen-bond donors (Lipinski definition) is 1. The number of ether oxygens (including phenoxy) is 3. The van der Waals surface area contributed by atoms with Crippen LogP contribution in [0.2, 0.25) is 0 Å². The second-order valence-corrected chi connectivity index (χ2v) is 3.94. The van der Waals surface area contributed by atoms with Crippen molar-refractivity contribution in [3.8, 4) is 17.2 Å². The van der Waals surface area contributed by atoms with Crippen molar-refractivity contribution < 1.29 is 24.1 Å². The normalized spacial score (nSPS) is 13.6. The third-order valence-electron chi connectivity index (χ3n) is 2.60. The van der Waals surface area contributed by atoms with Gasteiger partial charge >= 0.3 is 0 Å². The molecule has 0 aromatic heterocycles. The fourth-order valence-corrected chi connectivity index (χ4v) is 1.37. The molecular weight excluding hydrogens is 236 g/mol. The monoisotopic (exact) mass is 254 g/mol. The number of aldehydes is 1. The quantitative estimate of drug-likeness (QED) is 0.782.